The smallest absolute Gasteiger partial charge is 0.237 e. The van der Waals surface area contributed by atoms with Crippen molar-refractivity contribution in [3.63, 3.8) is 0 Å². The van der Waals surface area contributed by atoms with E-state index in [0.29, 0.717) is 11.7 Å². The first-order valence-electron chi connectivity index (χ1n) is 10.9. The Hall–Kier alpha value is -2.82. The molecule has 0 bridgehead atoms. The number of fused-ring (bicyclic) bond motifs is 1. The van der Waals surface area contributed by atoms with Crippen molar-refractivity contribution in [1.82, 2.24) is 25.2 Å². The molecular formula is C23H24N6O2S2. The van der Waals surface area contributed by atoms with Gasteiger partial charge in [0.1, 0.15) is 0 Å². The van der Waals surface area contributed by atoms with E-state index in [1.807, 2.05) is 49.4 Å². The molecule has 0 saturated carbocycles. The molecule has 2 aromatic heterocycles. The molecule has 4 aromatic rings. The topological polar surface area (TPSA) is 94.8 Å². The lowest BCUT2D eigenvalue weighted by Crippen LogP contribution is -2.23. The molecule has 170 valence electrons. The number of benzene rings is 2. The highest BCUT2D eigenvalue weighted by Crippen LogP contribution is 2.25. The van der Waals surface area contributed by atoms with Crippen LogP contribution in [-0.2, 0) is 22.5 Å². The number of ether oxygens (including phenoxy) is 1. The number of anilines is 1. The fraction of sp³-hybridized carbons (Fsp3) is 0.348. The number of tetrazole rings is 1. The Morgan fingerprint density at radius 2 is 2.12 bits per heavy atom. The number of nitrogens with zero attached hydrogens (tertiary/aromatic N) is 5. The van der Waals surface area contributed by atoms with Crippen molar-refractivity contribution in [2.45, 2.75) is 49.2 Å². The number of hydrogen-bond acceptors (Lipinski definition) is 8. The average Bonchev–Trinajstić information content (AvgIpc) is 3.57. The second-order valence-corrected chi connectivity index (χ2v) is 10.4. The highest BCUT2D eigenvalue weighted by Gasteiger charge is 2.22. The van der Waals surface area contributed by atoms with Gasteiger partial charge in [-0.3, -0.25) is 4.79 Å². The molecule has 1 saturated heterocycles. The van der Waals surface area contributed by atoms with Gasteiger partial charge in [0, 0.05) is 18.7 Å². The van der Waals surface area contributed by atoms with Gasteiger partial charge < -0.3 is 10.1 Å². The van der Waals surface area contributed by atoms with Gasteiger partial charge in [0.15, 0.2) is 0 Å². The first-order chi connectivity index (χ1) is 16.1. The summed E-state index contributed by atoms with van der Waals surface area (Å²) in [5.74, 6) is -0.0920. The predicted molar refractivity (Wildman–Crippen MR) is 130 cm³/mol. The number of hydrogen-bond donors (Lipinski definition) is 1. The van der Waals surface area contributed by atoms with Crippen LogP contribution in [-0.4, -0.2) is 49.1 Å². The van der Waals surface area contributed by atoms with Crippen LogP contribution in [0, 0.1) is 0 Å². The average molecular weight is 481 g/mol. The summed E-state index contributed by atoms with van der Waals surface area (Å²) in [5, 5.41) is 16.2. The molecule has 8 nitrogen and oxygen atoms in total. The highest BCUT2D eigenvalue weighted by molar-refractivity contribution is 8.00. The highest BCUT2D eigenvalue weighted by atomic mass is 32.2. The van der Waals surface area contributed by atoms with E-state index in [2.05, 4.69) is 26.9 Å². The lowest BCUT2D eigenvalue weighted by molar-refractivity contribution is -0.115. The van der Waals surface area contributed by atoms with Crippen molar-refractivity contribution in [1.29, 1.82) is 0 Å². The minimum absolute atomic E-state index is 0.0920. The molecule has 2 aromatic carbocycles. The Bertz CT molecular complexity index is 1200. The van der Waals surface area contributed by atoms with Gasteiger partial charge >= 0.3 is 0 Å². The predicted octanol–water partition coefficient (Wildman–Crippen LogP) is 4.17. The molecule has 2 atom stereocenters. The number of nitrogens with one attached hydrogen (secondary N) is 1. The number of aromatic nitrogens is 5. The van der Waals surface area contributed by atoms with Gasteiger partial charge in [0.2, 0.25) is 11.1 Å². The Labute approximate surface area is 199 Å². The molecule has 3 heterocycles. The van der Waals surface area contributed by atoms with Crippen LogP contribution < -0.4 is 5.32 Å². The van der Waals surface area contributed by atoms with Crippen molar-refractivity contribution in [2.24, 2.45) is 0 Å². The number of carbonyl (C=O) groups is 1. The zero-order chi connectivity index (χ0) is 22.6. The first kappa shape index (κ1) is 22.0. The van der Waals surface area contributed by atoms with Crippen LogP contribution in [0.3, 0.4) is 0 Å². The van der Waals surface area contributed by atoms with Gasteiger partial charge in [0.25, 0.3) is 0 Å². The molecule has 0 aliphatic carbocycles. The van der Waals surface area contributed by atoms with Gasteiger partial charge in [-0.2, -0.15) is 0 Å². The van der Waals surface area contributed by atoms with Crippen LogP contribution >= 0.6 is 23.1 Å². The van der Waals surface area contributed by atoms with Crippen molar-refractivity contribution in [3.8, 4) is 0 Å². The summed E-state index contributed by atoms with van der Waals surface area (Å²) in [4.78, 5) is 17.4. The van der Waals surface area contributed by atoms with Crippen LogP contribution in [0.4, 0.5) is 5.69 Å². The maximum atomic E-state index is 12.7. The SMILES string of the molecule is C[C@@H](Sc1nnnn1C[C@@H]1CCCO1)C(=O)Nc1ccc(Cc2nc3ccccc3s2)cc1. The zero-order valence-electron chi connectivity index (χ0n) is 18.2. The van der Waals surface area contributed by atoms with Crippen LogP contribution in [0.25, 0.3) is 10.2 Å². The lowest BCUT2D eigenvalue weighted by atomic mass is 10.1. The van der Waals surface area contributed by atoms with E-state index in [-0.39, 0.29) is 17.3 Å². The maximum absolute atomic E-state index is 12.7. The molecular weight excluding hydrogens is 456 g/mol. The van der Waals surface area contributed by atoms with Crippen molar-refractivity contribution < 1.29 is 9.53 Å². The first-order valence-corrected chi connectivity index (χ1v) is 12.6. The molecule has 1 aliphatic heterocycles. The van der Waals surface area contributed by atoms with Crippen molar-refractivity contribution >= 4 is 44.9 Å². The van der Waals surface area contributed by atoms with Crippen molar-refractivity contribution in [2.75, 3.05) is 11.9 Å². The molecule has 1 aliphatic rings. The molecule has 1 fully saturated rings. The minimum atomic E-state index is -0.346. The third-order valence-electron chi connectivity index (χ3n) is 5.47. The molecule has 0 spiro atoms. The van der Waals surface area contributed by atoms with E-state index in [1.165, 1.54) is 16.5 Å². The molecule has 33 heavy (non-hydrogen) atoms. The molecule has 1 N–H and O–H groups in total. The van der Waals surface area contributed by atoms with E-state index in [4.69, 9.17) is 9.72 Å². The Balaban J connectivity index is 1.16. The number of thioether (sulfide) groups is 1. The van der Waals surface area contributed by atoms with E-state index in [1.54, 1.807) is 16.0 Å². The van der Waals surface area contributed by atoms with Gasteiger partial charge in [0.05, 0.1) is 33.1 Å². The number of para-hydroxylation sites is 1. The summed E-state index contributed by atoms with van der Waals surface area (Å²) in [5.41, 5.74) is 2.96. The largest absolute Gasteiger partial charge is 0.376 e. The normalized spacial score (nSPS) is 16.8. The maximum Gasteiger partial charge on any atom is 0.237 e. The fourth-order valence-corrected chi connectivity index (χ4v) is 5.51. The monoisotopic (exact) mass is 480 g/mol. The van der Waals surface area contributed by atoms with Gasteiger partial charge in [-0.25, -0.2) is 9.67 Å². The summed E-state index contributed by atoms with van der Waals surface area (Å²) >= 11 is 3.06. The van der Waals surface area contributed by atoms with Gasteiger partial charge in [-0.05, 0) is 60.0 Å². The lowest BCUT2D eigenvalue weighted by Gasteiger charge is -2.13. The zero-order valence-corrected chi connectivity index (χ0v) is 19.8. The Kier molecular flexibility index (Phi) is 6.65. The summed E-state index contributed by atoms with van der Waals surface area (Å²) in [7, 11) is 0. The Morgan fingerprint density at radius 3 is 2.91 bits per heavy atom. The van der Waals surface area contributed by atoms with E-state index < -0.39 is 0 Å². The third-order valence-corrected chi connectivity index (χ3v) is 7.57. The van der Waals surface area contributed by atoms with Gasteiger partial charge in [-0.15, -0.1) is 16.4 Å². The number of thiazole rings is 1. The third kappa shape index (κ3) is 5.40. The number of amides is 1. The Morgan fingerprint density at radius 1 is 1.27 bits per heavy atom. The number of carbonyl (C=O) groups excluding carboxylic acids is 1. The van der Waals surface area contributed by atoms with Crippen LogP contribution in [0.15, 0.2) is 53.7 Å². The second-order valence-electron chi connectivity index (χ2n) is 7.98. The summed E-state index contributed by atoms with van der Waals surface area (Å²) in [6.07, 6.45) is 2.98. The van der Waals surface area contributed by atoms with Gasteiger partial charge in [-0.1, -0.05) is 36.0 Å². The minimum Gasteiger partial charge on any atom is -0.376 e. The number of rotatable bonds is 8. The molecule has 10 heteroatoms. The van der Waals surface area contributed by atoms with Crippen LogP contribution in [0.5, 0.6) is 0 Å². The van der Waals surface area contributed by atoms with Crippen molar-refractivity contribution in [3.05, 3.63) is 59.1 Å². The molecule has 0 unspecified atom stereocenters. The summed E-state index contributed by atoms with van der Waals surface area (Å²) in [6, 6.07) is 16.1. The van der Waals surface area contributed by atoms with E-state index in [0.717, 1.165) is 47.6 Å². The summed E-state index contributed by atoms with van der Waals surface area (Å²) < 4.78 is 8.59. The van der Waals surface area contributed by atoms with E-state index in [9.17, 15) is 4.79 Å². The summed E-state index contributed by atoms with van der Waals surface area (Å²) in [6.45, 7) is 3.25. The molecule has 0 radical (unpaired) electrons. The quantitative estimate of drug-likeness (QED) is 0.378. The fourth-order valence-electron chi connectivity index (χ4n) is 3.71. The second kappa shape index (κ2) is 9.98. The van der Waals surface area contributed by atoms with Crippen LogP contribution in [0.1, 0.15) is 30.3 Å². The standard InChI is InChI=1S/C23H24N6O2S2/c1-15(32-23-26-27-28-29(23)14-18-5-4-12-31-18)22(30)24-17-10-8-16(9-11-17)13-21-25-19-6-2-3-7-20(19)33-21/h2-3,6-11,15,18H,4-5,12-14H2,1H3,(H,24,30)/t15-,18+/m1/s1. The van der Waals surface area contributed by atoms with Crippen LogP contribution in [0.2, 0.25) is 0 Å². The molecule has 5 rings (SSSR count). The molecule has 1 amide bonds. The van der Waals surface area contributed by atoms with E-state index >= 15 is 0 Å².